The van der Waals surface area contributed by atoms with Crippen molar-refractivity contribution in [2.75, 3.05) is 40.0 Å². The van der Waals surface area contributed by atoms with Gasteiger partial charge >= 0.3 is 6.03 Å². The van der Waals surface area contributed by atoms with Crippen molar-refractivity contribution < 1.29 is 19.1 Å². The summed E-state index contributed by atoms with van der Waals surface area (Å²) in [6.07, 6.45) is -0.150. The molecule has 2 atom stereocenters. The lowest BCUT2D eigenvalue weighted by Gasteiger charge is -2.45. The number of fused-ring (bicyclic) bond motifs is 2. The highest BCUT2D eigenvalue weighted by Crippen LogP contribution is 2.32. The predicted octanol–water partition coefficient (Wildman–Crippen LogP) is 1.50. The van der Waals surface area contributed by atoms with Crippen molar-refractivity contribution in [1.82, 2.24) is 30.1 Å². The van der Waals surface area contributed by atoms with Crippen LogP contribution in [0.4, 0.5) is 9.93 Å². The van der Waals surface area contributed by atoms with Crippen LogP contribution in [-0.2, 0) is 22.6 Å². The van der Waals surface area contributed by atoms with E-state index in [0.717, 1.165) is 21.3 Å². The van der Waals surface area contributed by atoms with Gasteiger partial charge in [-0.2, -0.15) is 5.01 Å². The number of nitrogens with one attached hydrogen (secondary N) is 1. The van der Waals surface area contributed by atoms with Crippen LogP contribution in [-0.4, -0.2) is 89.1 Å². The molecule has 3 N–H and O–H groups in total. The Bertz CT molecular complexity index is 1340. The van der Waals surface area contributed by atoms with Crippen LogP contribution in [0.1, 0.15) is 11.1 Å². The van der Waals surface area contributed by atoms with Crippen LogP contribution >= 0.6 is 11.3 Å². The van der Waals surface area contributed by atoms with E-state index in [1.165, 1.54) is 23.4 Å². The lowest BCUT2D eigenvalue weighted by molar-refractivity contribution is -0.157. The fraction of sp³-hybridized carbons (Fsp3) is 0.360. The quantitative estimate of drug-likeness (QED) is 0.502. The van der Waals surface area contributed by atoms with Gasteiger partial charge in [-0.3, -0.25) is 14.6 Å². The van der Waals surface area contributed by atoms with Gasteiger partial charge in [-0.05, 0) is 29.3 Å². The van der Waals surface area contributed by atoms with Crippen molar-refractivity contribution >= 4 is 44.5 Å². The van der Waals surface area contributed by atoms with Gasteiger partial charge in [0.15, 0.2) is 5.13 Å². The van der Waals surface area contributed by atoms with Gasteiger partial charge in [0.25, 0.3) is 0 Å². The zero-order valence-electron chi connectivity index (χ0n) is 20.9. The summed E-state index contributed by atoms with van der Waals surface area (Å²) in [4.78, 5) is 47.4. The molecule has 2 aliphatic rings. The molecule has 5 rings (SSSR count). The first kappa shape index (κ1) is 24.8. The van der Waals surface area contributed by atoms with Crippen LogP contribution < -0.4 is 15.8 Å². The van der Waals surface area contributed by atoms with Gasteiger partial charge in [-0.15, -0.1) is 0 Å². The van der Waals surface area contributed by atoms with Crippen LogP contribution in [0, 0.1) is 0 Å². The Kier molecular flexibility index (Phi) is 6.61. The van der Waals surface area contributed by atoms with Crippen molar-refractivity contribution in [2.45, 2.75) is 25.2 Å². The number of methoxy groups -OCH3 is 1. The van der Waals surface area contributed by atoms with E-state index in [1.807, 2.05) is 42.5 Å². The molecule has 11 nitrogen and oxygen atoms in total. The Hall–Kier alpha value is -3.90. The molecule has 194 valence electrons. The summed E-state index contributed by atoms with van der Waals surface area (Å²) in [7, 11) is 4.75. The summed E-state index contributed by atoms with van der Waals surface area (Å²) in [5.41, 5.74) is 8.51. The Morgan fingerprint density at radius 3 is 2.70 bits per heavy atom. The van der Waals surface area contributed by atoms with Gasteiger partial charge in [-0.25, -0.2) is 9.78 Å². The average molecular weight is 524 g/mol. The van der Waals surface area contributed by atoms with Crippen LogP contribution in [0.25, 0.3) is 10.2 Å². The number of nitrogens with zero attached hydrogens (tertiary/aromatic N) is 5. The number of nitrogens with two attached hydrogens (primary N) is 1. The number of carbonyl (C=O) groups is 3. The highest BCUT2D eigenvalue weighted by molar-refractivity contribution is 7.22. The number of thiazole rings is 1. The monoisotopic (exact) mass is 523 g/mol. The molecule has 3 aromatic rings. The average Bonchev–Trinajstić information content (AvgIpc) is 3.45. The number of hydrogen-bond donors (Lipinski definition) is 2. The highest BCUT2D eigenvalue weighted by atomic mass is 32.1. The SMILES string of the molecule is CNC(=O)N(C)N1CC(=O)N2[C@@H](Cc3ccc(OC)cc3)C(=O)N(Cc3cccc4sc(N)nc34)C[C@@H]21. The molecule has 0 saturated carbocycles. The normalized spacial score (nSPS) is 19.9. The second kappa shape index (κ2) is 9.87. The fourth-order valence-corrected chi connectivity index (χ4v) is 5.85. The lowest BCUT2D eigenvalue weighted by atomic mass is 9.99. The lowest BCUT2D eigenvalue weighted by Crippen LogP contribution is -2.65. The number of carbonyl (C=O) groups excluding carboxylic acids is 3. The smallest absolute Gasteiger partial charge is 0.331 e. The van der Waals surface area contributed by atoms with Crippen LogP contribution in [0.15, 0.2) is 42.5 Å². The molecule has 4 amide bonds. The molecule has 2 fully saturated rings. The van der Waals surface area contributed by atoms with E-state index in [-0.39, 0.29) is 30.9 Å². The van der Waals surface area contributed by atoms with E-state index in [9.17, 15) is 14.4 Å². The molecular weight excluding hydrogens is 494 g/mol. The molecule has 1 aromatic heterocycles. The number of urea groups is 1. The Morgan fingerprint density at radius 2 is 2.00 bits per heavy atom. The molecule has 12 heteroatoms. The minimum Gasteiger partial charge on any atom is -0.497 e. The summed E-state index contributed by atoms with van der Waals surface area (Å²) in [6.45, 7) is 0.572. The second-order valence-electron chi connectivity index (χ2n) is 9.06. The minimum atomic E-state index is -0.720. The maximum Gasteiger partial charge on any atom is 0.331 e. The number of rotatable bonds is 6. The molecule has 0 bridgehead atoms. The van der Waals surface area contributed by atoms with Crippen molar-refractivity contribution in [3.8, 4) is 5.75 Å². The molecule has 2 aliphatic heterocycles. The predicted molar refractivity (Wildman–Crippen MR) is 139 cm³/mol. The Morgan fingerprint density at radius 1 is 1.24 bits per heavy atom. The van der Waals surface area contributed by atoms with Crippen molar-refractivity contribution in [3.63, 3.8) is 0 Å². The fourth-order valence-electron chi connectivity index (χ4n) is 5.07. The van der Waals surface area contributed by atoms with Crippen molar-refractivity contribution in [3.05, 3.63) is 53.6 Å². The van der Waals surface area contributed by atoms with E-state index in [2.05, 4.69) is 10.3 Å². The number of hydrazine groups is 1. The van der Waals surface area contributed by atoms with Gasteiger partial charge < -0.3 is 25.6 Å². The summed E-state index contributed by atoms with van der Waals surface area (Å²) in [6, 6.07) is 12.2. The first-order chi connectivity index (χ1) is 17.8. The largest absolute Gasteiger partial charge is 0.497 e. The molecule has 0 spiro atoms. The number of benzene rings is 2. The van der Waals surface area contributed by atoms with Crippen molar-refractivity contribution in [1.29, 1.82) is 0 Å². The summed E-state index contributed by atoms with van der Waals surface area (Å²) >= 11 is 1.40. The number of para-hydroxylation sites is 1. The van der Waals surface area contributed by atoms with E-state index >= 15 is 0 Å². The molecular formula is C25H29N7O4S. The van der Waals surface area contributed by atoms with E-state index in [4.69, 9.17) is 10.5 Å². The zero-order chi connectivity index (χ0) is 26.3. The molecule has 37 heavy (non-hydrogen) atoms. The Labute approximate surface area is 218 Å². The van der Waals surface area contributed by atoms with Crippen LogP contribution in [0.3, 0.4) is 0 Å². The molecule has 0 radical (unpaired) electrons. The third-order valence-electron chi connectivity index (χ3n) is 6.93. The standard InChI is InChI=1S/C25H29N7O4S/c1-27-25(35)29(2)31-14-21(33)32-18(11-15-7-9-17(36-3)10-8-15)23(34)30(13-20(31)32)12-16-5-4-6-19-22(16)28-24(26)37-19/h4-10,18,20H,11-14H2,1-3H3,(H2,26,28)(H,27,35)/t18-,20+/m0/s1. The molecule has 3 heterocycles. The van der Waals surface area contributed by atoms with Gasteiger partial charge in [0.05, 0.1) is 30.4 Å². The maximum absolute atomic E-state index is 13.9. The number of amides is 4. The van der Waals surface area contributed by atoms with Gasteiger partial charge in [0.1, 0.15) is 18.0 Å². The topological polar surface area (TPSA) is 124 Å². The van der Waals surface area contributed by atoms with E-state index in [0.29, 0.717) is 23.8 Å². The first-order valence-electron chi connectivity index (χ1n) is 11.9. The van der Waals surface area contributed by atoms with Gasteiger partial charge in [0.2, 0.25) is 11.8 Å². The first-order valence-corrected chi connectivity index (χ1v) is 12.7. The number of piperazine rings is 1. The molecule has 2 saturated heterocycles. The van der Waals surface area contributed by atoms with Gasteiger partial charge in [-0.1, -0.05) is 35.6 Å². The number of hydrogen-bond acceptors (Lipinski definition) is 8. The number of ether oxygens (including phenoxy) is 1. The zero-order valence-corrected chi connectivity index (χ0v) is 21.7. The molecule has 2 aromatic carbocycles. The minimum absolute atomic E-state index is 0.00697. The molecule has 0 aliphatic carbocycles. The van der Waals surface area contributed by atoms with E-state index < -0.39 is 12.2 Å². The highest BCUT2D eigenvalue weighted by Gasteiger charge is 2.51. The third-order valence-corrected chi connectivity index (χ3v) is 7.78. The summed E-state index contributed by atoms with van der Waals surface area (Å²) in [5, 5.41) is 6.19. The van der Waals surface area contributed by atoms with Crippen LogP contribution in [0.5, 0.6) is 5.75 Å². The Balaban J connectivity index is 1.50. The van der Waals surface area contributed by atoms with Crippen molar-refractivity contribution in [2.24, 2.45) is 0 Å². The number of nitrogen functional groups attached to an aromatic ring is 1. The maximum atomic E-state index is 13.9. The second-order valence-corrected chi connectivity index (χ2v) is 10.1. The third kappa shape index (κ3) is 4.53. The number of aromatic nitrogens is 1. The summed E-state index contributed by atoms with van der Waals surface area (Å²) < 4.78 is 6.21. The van der Waals surface area contributed by atoms with E-state index in [1.54, 1.807) is 29.0 Å². The van der Waals surface area contributed by atoms with Gasteiger partial charge in [0, 0.05) is 27.1 Å². The van der Waals surface area contributed by atoms with Crippen LogP contribution in [0.2, 0.25) is 0 Å². The summed E-state index contributed by atoms with van der Waals surface area (Å²) in [5.74, 6) is 0.371. The molecule has 0 unspecified atom stereocenters. The number of anilines is 1.